The van der Waals surface area contributed by atoms with Crippen molar-refractivity contribution in [3.05, 3.63) is 33.8 Å². The molecule has 1 aromatic carbocycles. The second-order valence-electron chi connectivity index (χ2n) is 3.52. The van der Waals surface area contributed by atoms with E-state index in [0.29, 0.717) is 16.5 Å². The first-order valence-electron chi connectivity index (χ1n) is 5.08. The summed E-state index contributed by atoms with van der Waals surface area (Å²) in [5.74, 6) is 5.48. The molecule has 0 heterocycles. The average Bonchev–Trinajstić information content (AvgIpc) is 2.33. The maximum atomic E-state index is 6.09. The number of rotatable bonds is 6. The molecule has 96 valence electrons. The molecule has 0 aliphatic heterocycles. The van der Waals surface area contributed by atoms with E-state index in [9.17, 15) is 0 Å². The Hall–Kier alpha value is -0.360. The molecule has 0 amide bonds. The van der Waals surface area contributed by atoms with E-state index in [2.05, 4.69) is 5.43 Å². The zero-order valence-electron chi connectivity index (χ0n) is 9.74. The Morgan fingerprint density at radius 3 is 2.18 bits per heavy atom. The van der Waals surface area contributed by atoms with Gasteiger partial charge in [0.25, 0.3) is 0 Å². The van der Waals surface area contributed by atoms with E-state index in [0.717, 1.165) is 5.56 Å². The van der Waals surface area contributed by atoms with Crippen LogP contribution in [0.5, 0.6) is 0 Å². The van der Waals surface area contributed by atoms with Gasteiger partial charge in [0.15, 0.2) is 6.29 Å². The summed E-state index contributed by atoms with van der Waals surface area (Å²) in [7, 11) is 3.10. The third kappa shape index (κ3) is 3.81. The Kier molecular flexibility index (Phi) is 6.19. The third-order valence-electron chi connectivity index (χ3n) is 2.49. The van der Waals surface area contributed by atoms with Gasteiger partial charge in [0.2, 0.25) is 0 Å². The topological polar surface area (TPSA) is 56.5 Å². The number of hydrogen-bond donors (Lipinski definition) is 2. The van der Waals surface area contributed by atoms with Crippen molar-refractivity contribution in [2.75, 3.05) is 14.2 Å². The number of halogens is 2. The lowest BCUT2D eigenvalue weighted by molar-refractivity contribution is -0.122. The maximum absolute atomic E-state index is 6.09. The van der Waals surface area contributed by atoms with Crippen molar-refractivity contribution in [3.63, 3.8) is 0 Å². The fraction of sp³-hybridized carbons (Fsp3) is 0.455. The number of nitrogens with two attached hydrogens (primary N) is 1. The van der Waals surface area contributed by atoms with E-state index < -0.39 is 6.29 Å². The lowest BCUT2D eigenvalue weighted by Gasteiger charge is -2.24. The van der Waals surface area contributed by atoms with Gasteiger partial charge in [-0.1, -0.05) is 29.3 Å². The molecular weight excluding hydrogens is 263 g/mol. The first kappa shape index (κ1) is 14.7. The molecule has 0 spiro atoms. The molecule has 17 heavy (non-hydrogen) atoms. The minimum absolute atomic E-state index is 0.234. The van der Waals surface area contributed by atoms with Crippen LogP contribution >= 0.6 is 23.2 Å². The highest BCUT2D eigenvalue weighted by Gasteiger charge is 2.22. The van der Waals surface area contributed by atoms with Crippen LogP contribution in [0.3, 0.4) is 0 Å². The van der Waals surface area contributed by atoms with Gasteiger partial charge in [0.1, 0.15) is 0 Å². The Bertz CT molecular complexity index is 339. The van der Waals surface area contributed by atoms with Gasteiger partial charge in [-0.25, -0.2) is 0 Å². The molecule has 1 unspecified atom stereocenters. The van der Waals surface area contributed by atoms with Crippen molar-refractivity contribution >= 4 is 23.2 Å². The van der Waals surface area contributed by atoms with Crippen LogP contribution in [0.15, 0.2) is 18.2 Å². The van der Waals surface area contributed by atoms with E-state index in [4.69, 9.17) is 38.5 Å². The van der Waals surface area contributed by atoms with Gasteiger partial charge in [-0.05, 0) is 24.1 Å². The molecule has 3 N–H and O–H groups in total. The molecule has 6 heteroatoms. The standard InChI is InChI=1S/C11H16Cl2N2O2/c1-16-11(17-2)10(15-14)6-7-8(12)4-3-5-9(7)13/h3-5,10-11,15H,6,14H2,1-2H3. The fourth-order valence-corrected chi connectivity index (χ4v) is 2.16. The molecular formula is C11H16Cl2N2O2. The molecule has 0 aliphatic carbocycles. The fourth-order valence-electron chi connectivity index (χ4n) is 1.61. The van der Waals surface area contributed by atoms with Gasteiger partial charge in [-0.2, -0.15) is 0 Å². The Balaban J connectivity index is 2.87. The summed E-state index contributed by atoms with van der Waals surface area (Å²) in [6.45, 7) is 0. The molecule has 0 saturated carbocycles. The quantitative estimate of drug-likeness (QED) is 0.475. The van der Waals surface area contributed by atoms with Gasteiger partial charge >= 0.3 is 0 Å². The van der Waals surface area contributed by atoms with Crippen molar-refractivity contribution in [3.8, 4) is 0 Å². The Morgan fingerprint density at radius 2 is 1.76 bits per heavy atom. The van der Waals surface area contributed by atoms with Crippen LogP contribution in [-0.2, 0) is 15.9 Å². The lowest BCUT2D eigenvalue weighted by atomic mass is 10.1. The first-order chi connectivity index (χ1) is 8.13. The van der Waals surface area contributed by atoms with E-state index in [1.54, 1.807) is 32.4 Å². The van der Waals surface area contributed by atoms with Crippen LogP contribution in [0.25, 0.3) is 0 Å². The number of ether oxygens (including phenoxy) is 2. The molecule has 0 aliphatic rings. The number of methoxy groups -OCH3 is 2. The predicted octanol–water partition coefficient (Wildman–Crippen LogP) is 1.99. The molecule has 0 fully saturated rings. The third-order valence-corrected chi connectivity index (χ3v) is 3.20. The number of hydrazine groups is 1. The van der Waals surface area contributed by atoms with Crippen LogP contribution in [0, 0.1) is 0 Å². The van der Waals surface area contributed by atoms with E-state index in [1.807, 2.05) is 0 Å². The first-order valence-corrected chi connectivity index (χ1v) is 5.84. The van der Waals surface area contributed by atoms with Crippen LogP contribution in [0.1, 0.15) is 5.56 Å². The van der Waals surface area contributed by atoms with Crippen molar-refractivity contribution in [2.24, 2.45) is 5.84 Å². The number of benzene rings is 1. The number of nitrogens with one attached hydrogen (secondary N) is 1. The molecule has 0 bridgehead atoms. The van der Waals surface area contributed by atoms with E-state index >= 15 is 0 Å². The van der Waals surface area contributed by atoms with Gasteiger partial charge in [-0.3, -0.25) is 11.3 Å². The monoisotopic (exact) mass is 278 g/mol. The minimum Gasteiger partial charge on any atom is -0.354 e. The minimum atomic E-state index is -0.465. The predicted molar refractivity (Wildman–Crippen MR) is 69.1 cm³/mol. The van der Waals surface area contributed by atoms with E-state index in [1.165, 1.54) is 0 Å². The van der Waals surface area contributed by atoms with Crippen LogP contribution < -0.4 is 11.3 Å². The zero-order valence-corrected chi connectivity index (χ0v) is 11.3. The summed E-state index contributed by atoms with van der Waals surface area (Å²) in [6, 6.07) is 5.13. The molecule has 4 nitrogen and oxygen atoms in total. The van der Waals surface area contributed by atoms with Crippen molar-refractivity contribution in [1.29, 1.82) is 0 Å². The zero-order chi connectivity index (χ0) is 12.8. The largest absolute Gasteiger partial charge is 0.354 e. The van der Waals surface area contributed by atoms with Crippen LogP contribution in [-0.4, -0.2) is 26.6 Å². The molecule has 1 rings (SSSR count). The van der Waals surface area contributed by atoms with Crippen LogP contribution in [0.4, 0.5) is 0 Å². The highest BCUT2D eigenvalue weighted by Crippen LogP contribution is 2.26. The summed E-state index contributed by atoms with van der Waals surface area (Å²) >= 11 is 12.2. The summed E-state index contributed by atoms with van der Waals surface area (Å²) < 4.78 is 10.3. The highest BCUT2D eigenvalue weighted by atomic mass is 35.5. The van der Waals surface area contributed by atoms with E-state index in [-0.39, 0.29) is 6.04 Å². The van der Waals surface area contributed by atoms with Gasteiger partial charge < -0.3 is 9.47 Å². The smallest absolute Gasteiger partial charge is 0.173 e. The molecule has 1 atom stereocenters. The average molecular weight is 279 g/mol. The summed E-state index contributed by atoms with van der Waals surface area (Å²) in [5, 5.41) is 1.20. The second-order valence-corrected chi connectivity index (χ2v) is 4.33. The molecule has 1 aromatic rings. The van der Waals surface area contributed by atoms with Gasteiger partial charge in [0.05, 0.1) is 6.04 Å². The Morgan fingerprint density at radius 1 is 1.24 bits per heavy atom. The molecule has 0 aromatic heterocycles. The SMILES string of the molecule is COC(OC)C(Cc1c(Cl)cccc1Cl)NN. The summed E-state index contributed by atoms with van der Waals surface area (Å²) in [6.07, 6.45) is 0.0498. The summed E-state index contributed by atoms with van der Waals surface area (Å²) in [4.78, 5) is 0. The maximum Gasteiger partial charge on any atom is 0.173 e. The molecule has 0 radical (unpaired) electrons. The van der Waals surface area contributed by atoms with Crippen LogP contribution in [0.2, 0.25) is 10.0 Å². The highest BCUT2D eigenvalue weighted by molar-refractivity contribution is 6.35. The van der Waals surface area contributed by atoms with Crippen molar-refractivity contribution in [2.45, 2.75) is 18.8 Å². The van der Waals surface area contributed by atoms with Crippen molar-refractivity contribution in [1.82, 2.24) is 5.43 Å². The lowest BCUT2D eigenvalue weighted by Crippen LogP contribution is -2.47. The molecule has 0 saturated heterocycles. The van der Waals surface area contributed by atoms with Crippen molar-refractivity contribution < 1.29 is 9.47 Å². The second kappa shape index (κ2) is 7.16. The van der Waals surface area contributed by atoms with Gasteiger partial charge in [-0.15, -0.1) is 0 Å². The Labute approximate surface area is 111 Å². The summed E-state index contributed by atoms with van der Waals surface area (Å²) in [5.41, 5.74) is 3.46. The van der Waals surface area contributed by atoms with Gasteiger partial charge in [0, 0.05) is 24.3 Å². The normalized spacial score (nSPS) is 13.1. The number of hydrogen-bond acceptors (Lipinski definition) is 4.